The highest BCUT2D eigenvalue weighted by molar-refractivity contribution is 5.81. The highest BCUT2D eigenvalue weighted by Crippen LogP contribution is 2.48. The maximum atomic E-state index is 12.2. The van der Waals surface area contributed by atoms with E-state index in [0.29, 0.717) is 45.1 Å². The molecule has 3 fully saturated rings. The first-order valence-electron chi connectivity index (χ1n) is 8.85. The number of nitrogens with zero attached hydrogens (tertiary/aromatic N) is 2. The molecule has 3 aliphatic rings. The number of hydrogen-bond acceptors (Lipinski definition) is 3. The molecule has 1 heterocycles. The molecule has 2 bridgehead atoms. The first kappa shape index (κ1) is 16.3. The van der Waals surface area contributed by atoms with Crippen LogP contribution in [0.5, 0.6) is 0 Å². The van der Waals surface area contributed by atoms with E-state index in [-0.39, 0.29) is 23.6 Å². The largest absolute Gasteiger partial charge is 0.355 e. The van der Waals surface area contributed by atoms with Crippen LogP contribution in [0, 0.1) is 17.8 Å². The molecule has 128 valence electrons. The van der Waals surface area contributed by atoms with Gasteiger partial charge in [-0.05, 0) is 31.1 Å². The molecule has 2 aliphatic carbocycles. The molecule has 0 aromatic rings. The number of hydrogen-bond donors (Lipinski definition) is 1. The maximum absolute atomic E-state index is 12.2. The summed E-state index contributed by atoms with van der Waals surface area (Å²) in [5, 5.41) is 2.96. The Morgan fingerprint density at radius 3 is 2.26 bits per heavy atom. The van der Waals surface area contributed by atoms with Crippen LogP contribution in [0.2, 0.25) is 0 Å². The van der Waals surface area contributed by atoms with E-state index >= 15 is 0 Å². The zero-order valence-corrected chi connectivity index (χ0v) is 13.9. The van der Waals surface area contributed by atoms with Gasteiger partial charge in [0.1, 0.15) is 0 Å². The van der Waals surface area contributed by atoms with Gasteiger partial charge < -0.3 is 15.1 Å². The Bertz CT molecular complexity index is 485. The fourth-order valence-electron chi connectivity index (χ4n) is 4.42. The van der Waals surface area contributed by atoms with Crippen LogP contribution < -0.4 is 5.32 Å². The minimum Gasteiger partial charge on any atom is -0.355 e. The number of nitrogens with one attached hydrogen (secondary N) is 1. The van der Waals surface area contributed by atoms with Gasteiger partial charge in [0.05, 0.1) is 0 Å². The molecule has 3 amide bonds. The molecular weight excluding hydrogens is 294 g/mol. The van der Waals surface area contributed by atoms with Crippen LogP contribution in [0.1, 0.15) is 39.0 Å². The lowest BCUT2D eigenvalue weighted by Gasteiger charge is -2.34. The van der Waals surface area contributed by atoms with E-state index in [1.54, 1.807) is 16.7 Å². The number of piperazine rings is 1. The summed E-state index contributed by atoms with van der Waals surface area (Å²) in [5.41, 5.74) is 0. The average molecular weight is 321 g/mol. The van der Waals surface area contributed by atoms with Crippen LogP contribution in [0.4, 0.5) is 0 Å². The standard InChI is InChI=1S/C17H27N3O3/c1-12(21)19-6-8-20(9-7-19)16(22)4-5-18-17(23)15-11-13-2-3-14(15)10-13/h13-15H,2-11H2,1H3,(H,18,23)/t13-,14-,15-/m0/s1. The van der Waals surface area contributed by atoms with Crippen LogP contribution in [-0.4, -0.2) is 60.2 Å². The summed E-state index contributed by atoms with van der Waals surface area (Å²) < 4.78 is 0. The Labute approximate surface area is 137 Å². The molecule has 3 atom stereocenters. The van der Waals surface area contributed by atoms with E-state index in [1.165, 1.54) is 19.3 Å². The van der Waals surface area contributed by atoms with Crippen molar-refractivity contribution in [1.82, 2.24) is 15.1 Å². The Balaban J connectivity index is 1.35. The monoisotopic (exact) mass is 321 g/mol. The van der Waals surface area contributed by atoms with Crippen LogP contribution in [-0.2, 0) is 14.4 Å². The fourth-order valence-corrected chi connectivity index (χ4v) is 4.42. The smallest absolute Gasteiger partial charge is 0.224 e. The summed E-state index contributed by atoms with van der Waals surface area (Å²) in [4.78, 5) is 39.2. The summed E-state index contributed by atoms with van der Waals surface area (Å²) in [6.45, 7) is 4.40. The third-order valence-electron chi connectivity index (χ3n) is 5.79. The van der Waals surface area contributed by atoms with Crippen LogP contribution in [0.3, 0.4) is 0 Å². The number of amides is 3. The van der Waals surface area contributed by atoms with Gasteiger partial charge in [-0.2, -0.15) is 0 Å². The Morgan fingerprint density at radius 2 is 1.70 bits per heavy atom. The molecule has 6 nitrogen and oxygen atoms in total. The van der Waals surface area contributed by atoms with E-state index in [4.69, 9.17) is 0 Å². The molecule has 1 saturated heterocycles. The van der Waals surface area contributed by atoms with E-state index < -0.39 is 0 Å². The Kier molecular flexibility index (Phi) is 4.87. The second-order valence-corrected chi connectivity index (χ2v) is 7.21. The minimum atomic E-state index is 0.0650. The summed E-state index contributed by atoms with van der Waals surface area (Å²) >= 11 is 0. The molecule has 1 N–H and O–H groups in total. The number of fused-ring (bicyclic) bond motifs is 2. The van der Waals surface area contributed by atoms with Crippen molar-refractivity contribution in [1.29, 1.82) is 0 Å². The molecule has 0 spiro atoms. The lowest BCUT2D eigenvalue weighted by Crippen LogP contribution is -2.50. The second kappa shape index (κ2) is 6.89. The maximum Gasteiger partial charge on any atom is 0.224 e. The van der Waals surface area contributed by atoms with E-state index in [1.807, 2.05) is 0 Å². The van der Waals surface area contributed by atoms with Crippen molar-refractivity contribution in [3.63, 3.8) is 0 Å². The van der Waals surface area contributed by atoms with Crippen molar-refractivity contribution in [2.75, 3.05) is 32.7 Å². The van der Waals surface area contributed by atoms with Crippen molar-refractivity contribution >= 4 is 17.7 Å². The predicted molar refractivity (Wildman–Crippen MR) is 85.4 cm³/mol. The van der Waals surface area contributed by atoms with Gasteiger partial charge in [0.15, 0.2) is 0 Å². The third-order valence-corrected chi connectivity index (χ3v) is 5.79. The normalized spacial score (nSPS) is 29.7. The van der Waals surface area contributed by atoms with Gasteiger partial charge in [0.2, 0.25) is 17.7 Å². The Morgan fingerprint density at radius 1 is 1.00 bits per heavy atom. The Hall–Kier alpha value is -1.59. The van der Waals surface area contributed by atoms with E-state index in [0.717, 1.165) is 12.3 Å². The summed E-state index contributed by atoms with van der Waals surface area (Å²) in [6, 6.07) is 0. The van der Waals surface area contributed by atoms with Gasteiger partial charge in [0, 0.05) is 52.0 Å². The molecule has 2 saturated carbocycles. The lowest BCUT2D eigenvalue weighted by atomic mass is 9.88. The second-order valence-electron chi connectivity index (χ2n) is 7.21. The van der Waals surface area contributed by atoms with Crippen LogP contribution in [0.25, 0.3) is 0 Å². The van der Waals surface area contributed by atoms with Crippen molar-refractivity contribution in [3.05, 3.63) is 0 Å². The molecule has 0 aromatic carbocycles. The summed E-state index contributed by atoms with van der Waals surface area (Å²) in [5.74, 6) is 1.80. The molecule has 23 heavy (non-hydrogen) atoms. The van der Waals surface area contributed by atoms with Crippen molar-refractivity contribution in [3.8, 4) is 0 Å². The SMILES string of the molecule is CC(=O)N1CCN(C(=O)CCNC(=O)[C@H]2C[C@H]3CC[C@H]2C3)CC1. The zero-order chi connectivity index (χ0) is 16.4. The quantitative estimate of drug-likeness (QED) is 0.825. The van der Waals surface area contributed by atoms with Gasteiger partial charge in [-0.3, -0.25) is 14.4 Å². The zero-order valence-electron chi connectivity index (χ0n) is 13.9. The van der Waals surface area contributed by atoms with Gasteiger partial charge in [-0.1, -0.05) is 6.42 Å². The first-order chi connectivity index (χ1) is 11.0. The van der Waals surface area contributed by atoms with Gasteiger partial charge in [-0.15, -0.1) is 0 Å². The molecule has 6 heteroatoms. The van der Waals surface area contributed by atoms with E-state index in [2.05, 4.69) is 5.32 Å². The van der Waals surface area contributed by atoms with Crippen molar-refractivity contribution < 1.29 is 14.4 Å². The van der Waals surface area contributed by atoms with Crippen molar-refractivity contribution in [2.24, 2.45) is 17.8 Å². The van der Waals surface area contributed by atoms with Gasteiger partial charge in [-0.25, -0.2) is 0 Å². The highest BCUT2D eigenvalue weighted by atomic mass is 16.2. The topological polar surface area (TPSA) is 69.7 Å². The number of carbonyl (C=O) groups excluding carboxylic acids is 3. The number of rotatable bonds is 4. The number of carbonyl (C=O) groups is 3. The summed E-state index contributed by atoms with van der Waals surface area (Å²) in [6.07, 6.45) is 5.10. The fraction of sp³-hybridized carbons (Fsp3) is 0.824. The lowest BCUT2D eigenvalue weighted by molar-refractivity contribution is -0.138. The summed E-state index contributed by atoms with van der Waals surface area (Å²) in [7, 11) is 0. The molecular formula is C17H27N3O3. The van der Waals surface area contributed by atoms with Gasteiger partial charge >= 0.3 is 0 Å². The predicted octanol–water partition coefficient (Wildman–Crippen LogP) is 0.620. The highest BCUT2D eigenvalue weighted by Gasteiger charge is 2.42. The molecule has 0 aromatic heterocycles. The minimum absolute atomic E-state index is 0.0650. The average Bonchev–Trinajstić information content (AvgIpc) is 3.17. The molecule has 3 rings (SSSR count). The van der Waals surface area contributed by atoms with Gasteiger partial charge in [0.25, 0.3) is 0 Å². The first-order valence-corrected chi connectivity index (χ1v) is 8.85. The molecule has 0 unspecified atom stereocenters. The van der Waals surface area contributed by atoms with Crippen LogP contribution >= 0.6 is 0 Å². The third kappa shape index (κ3) is 3.67. The van der Waals surface area contributed by atoms with E-state index in [9.17, 15) is 14.4 Å². The molecule has 1 aliphatic heterocycles. The van der Waals surface area contributed by atoms with Crippen LogP contribution in [0.15, 0.2) is 0 Å². The molecule has 0 radical (unpaired) electrons. The van der Waals surface area contributed by atoms with Crippen molar-refractivity contribution in [2.45, 2.75) is 39.0 Å².